The first kappa shape index (κ1) is 13.4. The molecule has 0 aliphatic rings. The summed E-state index contributed by atoms with van der Waals surface area (Å²) in [6.07, 6.45) is 0. The van der Waals surface area contributed by atoms with E-state index in [9.17, 15) is 0 Å². The first-order valence-electron chi connectivity index (χ1n) is 6.05. The second-order valence-electron chi connectivity index (χ2n) is 4.56. The van der Waals surface area contributed by atoms with Crippen LogP contribution in [0.2, 0.25) is 0 Å². The van der Waals surface area contributed by atoms with Crippen LogP contribution in [-0.4, -0.2) is 7.05 Å². The van der Waals surface area contributed by atoms with Crippen molar-refractivity contribution in [1.29, 1.82) is 0 Å². The molecule has 1 aromatic carbocycles. The number of aryl methyl sites for hydroxylation is 1. The summed E-state index contributed by atoms with van der Waals surface area (Å²) >= 11 is 7.67. The lowest BCUT2D eigenvalue weighted by Gasteiger charge is -2.28. The summed E-state index contributed by atoms with van der Waals surface area (Å²) in [7, 11) is 2.15. The van der Waals surface area contributed by atoms with E-state index < -0.39 is 0 Å². The Labute approximate surface area is 118 Å². The molecule has 0 amide bonds. The largest absolute Gasteiger partial charge is 0.367 e. The van der Waals surface area contributed by atoms with Gasteiger partial charge in [-0.2, -0.15) is 0 Å². The Morgan fingerprint density at radius 2 is 2.11 bits per heavy atom. The molecule has 1 atom stereocenters. The summed E-state index contributed by atoms with van der Waals surface area (Å²) in [6, 6.07) is 11.1. The van der Waals surface area contributed by atoms with Gasteiger partial charge in [0.15, 0.2) is 0 Å². The highest BCUT2D eigenvalue weighted by Crippen LogP contribution is 2.30. The zero-order valence-electron chi connectivity index (χ0n) is 11.0. The topological polar surface area (TPSA) is 3.24 Å². The second kappa shape index (κ2) is 5.77. The molecule has 0 N–H and O–H groups in total. The Hall–Kier alpha value is -0.990. The number of hydrogen-bond donors (Lipinski definition) is 0. The number of halogens is 1. The van der Waals surface area contributed by atoms with Crippen LogP contribution in [0.25, 0.3) is 0 Å². The van der Waals surface area contributed by atoms with Crippen LogP contribution in [0.15, 0.2) is 35.7 Å². The fraction of sp³-hybridized carbons (Fsp3) is 0.333. The van der Waals surface area contributed by atoms with Crippen molar-refractivity contribution in [2.45, 2.75) is 25.8 Å². The van der Waals surface area contributed by atoms with Gasteiger partial charge in [-0.3, -0.25) is 0 Å². The molecule has 0 saturated heterocycles. The first-order valence-corrected chi connectivity index (χ1v) is 7.46. The second-order valence-corrected chi connectivity index (χ2v) is 5.80. The van der Waals surface area contributed by atoms with Gasteiger partial charge in [0.25, 0.3) is 0 Å². The molecular formula is C15H18ClNS. The Bertz CT molecular complexity index is 507. The summed E-state index contributed by atoms with van der Waals surface area (Å²) in [4.78, 5) is 3.71. The number of alkyl halides is 1. The minimum Gasteiger partial charge on any atom is -0.367 e. The number of rotatable bonds is 4. The third-order valence-electron chi connectivity index (χ3n) is 3.33. The number of benzene rings is 1. The quantitative estimate of drug-likeness (QED) is 0.713. The molecule has 2 rings (SSSR count). The lowest BCUT2D eigenvalue weighted by atomic mass is 10.1. The van der Waals surface area contributed by atoms with E-state index in [2.05, 4.69) is 61.5 Å². The summed E-state index contributed by atoms with van der Waals surface area (Å²) in [5.41, 5.74) is 3.72. The zero-order chi connectivity index (χ0) is 13.1. The maximum Gasteiger partial charge on any atom is 0.0603 e. The van der Waals surface area contributed by atoms with Crippen LogP contribution in [0.5, 0.6) is 0 Å². The Balaban J connectivity index is 2.26. The first-order chi connectivity index (χ1) is 8.63. The van der Waals surface area contributed by atoms with Crippen molar-refractivity contribution in [2.75, 3.05) is 11.9 Å². The third kappa shape index (κ3) is 2.70. The Kier molecular flexibility index (Phi) is 4.31. The number of thiophene rings is 1. The fourth-order valence-electron chi connectivity index (χ4n) is 2.12. The fourth-order valence-corrected chi connectivity index (χ4v) is 3.12. The Morgan fingerprint density at radius 1 is 1.33 bits per heavy atom. The van der Waals surface area contributed by atoms with E-state index in [4.69, 9.17) is 11.6 Å². The van der Waals surface area contributed by atoms with Crippen LogP contribution in [0.4, 0.5) is 5.69 Å². The van der Waals surface area contributed by atoms with E-state index in [0.29, 0.717) is 11.9 Å². The molecule has 0 aliphatic carbocycles. The smallest absolute Gasteiger partial charge is 0.0603 e. The molecule has 1 unspecified atom stereocenters. The van der Waals surface area contributed by atoms with Crippen molar-refractivity contribution in [2.24, 2.45) is 0 Å². The van der Waals surface area contributed by atoms with E-state index in [1.807, 2.05) is 0 Å². The standard InChI is InChI=1S/C15H18ClNS/c1-11-9-13(10-16)6-7-14(11)17(3)12(2)15-5-4-8-18-15/h4-9,12H,10H2,1-3H3. The molecule has 0 aliphatic heterocycles. The molecule has 0 bridgehead atoms. The van der Waals surface area contributed by atoms with Gasteiger partial charge in [-0.1, -0.05) is 18.2 Å². The normalized spacial score (nSPS) is 12.4. The molecule has 0 radical (unpaired) electrons. The van der Waals surface area contributed by atoms with Crippen LogP contribution in [0.3, 0.4) is 0 Å². The van der Waals surface area contributed by atoms with Gasteiger partial charge in [0, 0.05) is 23.5 Å². The summed E-state index contributed by atoms with van der Waals surface area (Å²) < 4.78 is 0. The van der Waals surface area contributed by atoms with E-state index in [1.165, 1.54) is 21.7 Å². The van der Waals surface area contributed by atoms with Gasteiger partial charge in [-0.15, -0.1) is 22.9 Å². The van der Waals surface area contributed by atoms with Crippen molar-refractivity contribution < 1.29 is 0 Å². The van der Waals surface area contributed by atoms with Gasteiger partial charge >= 0.3 is 0 Å². The van der Waals surface area contributed by atoms with E-state index in [0.717, 1.165) is 0 Å². The molecular weight excluding hydrogens is 262 g/mol. The van der Waals surface area contributed by atoms with Crippen LogP contribution < -0.4 is 4.90 Å². The molecule has 1 aromatic heterocycles. The van der Waals surface area contributed by atoms with Gasteiger partial charge < -0.3 is 4.90 Å². The van der Waals surface area contributed by atoms with Gasteiger partial charge in [0.1, 0.15) is 0 Å². The van der Waals surface area contributed by atoms with E-state index >= 15 is 0 Å². The van der Waals surface area contributed by atoms with Crippen molar-refractivity contribution in [3.63, 3.8) is 0 Å². The van der Waals surface area contributed by atoms with E-state index in [-0.39, 0.29) is 0 Å². The van der Waals surface area contributed by atoms with Crippen LogP contribution >= 0.6 is 22.9 Å². The molecule has 1 nitrogen and oxygen atoms in total. The van der Waals surface area contributed by atoms with Crippen LogP contribution in [0.1, 0.15) is 29.0 Å². The minimum absolute atomic E-state index is 0.394. The molecule has 18 heavy (non-hydrogen) atoms. The monoisotopic (exact) mass is 279 g/mol. The predicted molar refractivity (Wildman–Crippen MR) is 81.9 cm³/mol. The average molecular weight is 280 g/mol. The zero-order valence-corrected chi connectivity index (χ0v) is 12.6. The highest BCUT2D eigenvalue weighted by molar-refractivity contribution is 7.10. The summed E-state index contributed by atoms with van der Waals surface area (Å²) in [6.45, 7) is 4.38. The average Bonchev–Trinajstić information content (AvgIpc) is 2.90. The van der Waals surface area contributed by atoms with Crippen LogP contribution in [-0.2, 0) is 5.88 Å². The van der Waals surface area contributed by atoms with Crippen molar-refractivity contribution in [3.8, 4) is 0 Å². The predicted octanol–water partition coefficient (Wildman–Crippen LogP) is 4.99. The van der Waals surface area contributed by atoms with Gasteiger partial charge in [-0.25, -0.2) is 0 Å². The van der Waals surface area contributed by atoms with Gasteiger partial charge in [0.05, 0.1) is 6.04 Å². The number of nitrogens with zero attached hydrogens (tertiary/aromatic N) is 1. The van der Waals surface area contributed by atoms with Gasteiger partial charge in [-0.05, 0) is 42.5 Å². The van der Waals surface area contributed by atoms with Crippen LogP contribution in [0, 0.1) is 6.92 Å². The van der Waals surface area contributed by atoms with Crippen molar-refractivity contribution in [3.05, 3.63) is 51.7 Å². The van der Waals surface area contributed by atoms with Crippen molar-refractivity contribution in [1.82, 2.24) is 0 Å². The molecule has 0 saturated carbocycles. The lowest BCUT2D eigenvalue weighted by Crippen LogP contribution is -2.21. The lowest BCUT2D eigenvalue weighted by molar-refractivity contribution is 0.751. The summed E-state index contributed by atoms with van der Waals surface area (Å²) in [5.74, 6) is 0.575. The van der Waals surface area contributed by atoms with Gasteiger partial charge in [0.2, 0.25) is 0 Å². The molecule has 2 aromatic rings. The molecule has 0 spiro atoms. The molecule has 96 valence electrons. The number of anilines is 1. The SMILES string of the molecule is Cc1cc(CCl)ccc1N(C)C(C)c1cccs1. The highest BCUT2D eigenvalue weighted by Gasteiger charge is 2.14. The molecule has 1 heterocycles. The third-order valence-corrected chi connectivity index (χ3v) is 4.68. The highest BCUT2D eigenvalue weighted by atomic mass is 35.5. The van der Waals surface area contributed by atoms with E-state index in [1.54, 1.807) is 11.3 Å². The summed E-state index contributed by atoms with van der Waals surface area (Å²) in [5, 5.41) is 2.13. The molecule has 0 fully saturated rings. The van der Waals surface area contributed by atoms with Crippen molar-refractivity contribution >= 4 is 28.6 Å². The maximum atomic E-state index is 5.86. The minimum atomic E-state index is 0.394. The number of hydrogen-bond acceptors (Lipinski definition) is 2. The molecule has 3 heteroatoms. The maximum absolute atomic E-state index is 5.86. The Morgan fingerprint density at radius 3 is 2.67 bits per heavy atom.